The van der Waals surface area contributed by atoms with Crippen molar-refractivity contribution in [1.29, 1.82) is 0 Å². The largest absolute Gasteiger partial charge is 0.319 e. The molecule has 3 aromatic heterocycles. The van der Waals surface area contributed by atoms with Crippen LogP contribution >= 0.6 is 11.3 Å². The van der Waals surface area contributed by atoms with Gasteiger partial charge < -0.3 is 9.47 Å². The smallest absolute Gasteiger partial charge is 0.280 e. The molecule has 5 heteroatoms. The predicted molar refractivity (Wildman–Crippen MR) is 162 cm³/mol. The third-order valence-electron chi connectivity index (χ3n) is 7.49. The van der Waals surface area contributed by atoms with Gasteiger partial charge >= 0.3 is 0 Å². The number of pyridine rings is 1. The summed E-state index contributed by atoms with van der Waals surface area (Å²) >= 11 is 1.81. The van der Waals surface area contributed by atoms with Crippen molar-refractivity contribution < 1.29 is 0 Å². The van der Waals surface area contributed by atoms with Gasteiger partial charge in [-0.3, -0.25) is 0 Å². The van der Waals surface area contributed by atoms with E-state index in [1.165, 1.54) is 49.2 Å². The minimum absolute atomic E-state index is 0.0629. The SMILES string of the molecule is c1ccc(B2c3sc4ncccc4c3N(c3ccccc3)c3c2n(-c2ccccc2)c2ccccc32)cc1. The first-order valence-electron chi connectivity index (χ1n) is 12.9. The first kappa shape index (κ1) is 21.5. The number of anilines is 3. The van der Waals surface area contributed by atoms with Crippen molar-refractivity contribution in [2.75, 3.05) is 4.90 Å². The van der Waals surface area contributed by atoms with Crippen LogP contribution in [0.2, 0.25) is 0 Å². The summed E-state index contributed by atoms with van der Waals surface area (Å²) < 4.78 is 3.79. The van der Waals surface area contributed by atoms with Gasteiger partial charge in [0, 0.05) is 38.7 Å². The molecule has 0 atom stereocenters. The van der Waals surface area contributed by atoms with E-state index in [9.17, 15) is 0 Å². The highest BCUT2D eigenvalue weighted by Crippen LogP contribution is 2.46. The van der Waals surface area contributed by atoms with E-state index in [1.807, 2.05) is 17.5 Å². The minimum atomic E-state index is 0.0629. The maximum absolute atomic E-state index is 4.82. The highest BCUT2D eigenvalue weighted by atomic mass is 32.1. The van der Waals surface area contributed by atoms with Gasteiger partial charge in [-0.15, -0.1) is 11.3 Å². The summed E-state index contributed by atoms with van der Waals surface area (Å²) in [6.45, 7) is 0.0629. The Morgan fingerprint density at radius 2 is 1.21 bits per heavy atom. The number of para-hydroxylation sites is 3. The molecule has 0 bridgehead atoms. The molecule has 0 radical (unpaired) electrons. The Labute approximate surface area is 225 Å². The van der Waals surface area contributed by atoms with Crippen LogP contribution in [-0.4, -0.2) is 16.3 Å². The summed E-state index contributed by atoms with van der Waals surface area (Å²) in [5.74, 6) is 0. The van der Waals surface area contributed by atoms with Crippen molar-refractivity contribution in [2.24, 2.45) is 0 Å². The number of benzene rings is 4. The van der Waals surface area contributed by atoms with E-state index in [0.717, 1.165) is 10.5 Å². The van der Waals surface area contributed by atoms with Crippen LogP contribution in [0.1, 0.15) is 0 Å². The Bertz CT molecular complexity index is 1930. The average molecular weight is 503 g/mol. The van der Waals surface area contributed by atoms with Crippen molar-refractivity contribution in [3.8, 4) is 5.69 Å². The molecule has 0 aliphatic carbocycles. The Hall–Kier alpha value is -4.61. The lowest BCUT2D eigenvalue weighted by Gasteiger charge is -2.34. The normalized spacial score (nSPS) is 12.6. The molecular formula is C33H22BN3S. The van der Waals surface area contributed by atoms with E-state index >= 15 is 0 Å². The molecule has 4 heterocycles. The second-order valence-corrected chi connectivity index (χ2v) is 10.6. The van der Waals surface area contributed by atoms with Gasteiger partial charge in [-0.1, -0.05) is 90.4 Å². The summed E-state index contributed by atoms with van der Waals surface area (Å²) in [5, 5.41) is 2.43. The molecular weight excluding hydrogens is 481 g/mol. The van der Waals surface area contributed by atoms with Gasteiger partial charge in [-0.25, -0.2) is 4.98 Å². The summed E-state index contributed by atoms with van der Waals surface area (Å²) in [6.07, 6.45) is 1.90. The van der Waals surface area contributed by atoms with Gasteiger partial charge in [-0.2, -0.15) is 0 Å². The molecule has 3 nitrogen and oxygen atoms in total. The summed E-state index contributed by atoms with van der Waals surface area (Å²) in [7, 11) is 0. The van der Waals surface area contributed by atoms with Gasteiger partial charge in [0.1, 0.15) is 4.83 Å². The number of aromatic nitrogens is 2. The topological polar surface area (TPSA) is 21.1 Å². The highest BCUT2D eigenvalue weighted by molar-refractivity contribution is 7.33. The van der Waals surface area contributed by atoms with Crippen LogP contribution in [0.15, 0.2) is 134 Å². The van der Waals surface area contributed by atoms with Crippen LogP contribution in [0.4, 0.5) is 17.1 Å². The molecule has 0 N–H and O–H groups in total. The van der Waals surface area contributed by atoms with E-state index in [1.54, 1.807) is 0 Å². The van der Waals surface area contributed by atoms with Gasteiger partial charge in [0.15, 0.2) is 0 Å². The lowest BCUT2D eigenvalue weighted by molar-refractivity contribution is 1.16. The van der Waals surface area contributed by atoms with Crippen LogP contribution < -0.4 is 20.7 Å². The van der Waals surface area contributed by atoms with Crippen molar-refractivity contribution in [3.05, 3.63) is 134 Å². The Morgan fingerprint density at radius 3 is 1.97 bits per heavy atom. The molecule has 0 unspecified atom stereocenters. The van der Waals surface area contributed by atoms with E-state index in [4.69, 9.17) is 4.98 Å². The number of hydrogen-bond donors (Lipinski definition) is 0. The molecule has 38 heavy (non-hydrogen) atoms. The molecule has 1 aliphatic heterocycles. The molecule has 1 aliphatic rings. The maximum atomic E-state index is 4.82. The molecule has 8 rings (SSSR count). The Kier molecular flexibility index (Phi) is 4.79. The fourth-order valence-corrected chi connectivity index (χ4v) is 7.25. The summed E-state index contributed by atoms with van der Waals surface area (Å²) in [4.78, 5) is 8.37. The lowest BCUT2D eigenvalue weighted by Crippen LogP contribution is -2.58. The van der Waals surface area contributed by atoms with Crippen LogP contribution in [0.3, 0.4) is 0 Å². The van der Waals surface area contributed by atoms with E-state index in [-0.39, 0.29) is 6.71 Å². The fraction of sp³-hybridized carbons (Fsp3) is 0. The van der Waals surface area contributed by atoms with E-state index < -0.39 is 0 Å². The minimum Gasteiger partial charge on any atom is -0.319 e. The van der Waals surface area contributed by atoms with Gasteiger partial charge in [0.05, 0.1) is 16.9 Å². The van der Waals surface area contributed by atoms with Gasteiger partial charge in [-0.05, 0) is 42.5 Å². The zero-order valence-corrected chi connectivity index (χ0v) is 21.3. The van der Waals surface area contributed by atoms with E-state index in [2.05, 4.69) is 137 Å². The molecule has 7 aromatic rings. The molecule has 0 spiro atoms. The zero-order valence-electron chi connectivity index (χ0n) is 20.5. The quantitative estimate of drug-likeness (QED) is 0.255. The number of rotatable bonds is 3. The second-order valence-electron chi connectivity index (χ2n) is 9.61. The van der Waals surface area contributed by atoms with E-state index in [0.29, 0.717) is 0 Å². The third-order valence-corrected chi connectivity index (χ3v) is 8.66. The van der Waals surface area contributed by atoms with Crippen molar-refractivity contribution in [1.82, 2.24) is 9.55 Å². The predicted octanol–water partition coefficient (Wildman–Crippen LogP) is 6.54. The lowest BCUT2D eigenvalue weighted by atomic mass is 9.39. The van der Waals surface area contributed by atoms with Crippen LogP contribution in [0.25, 0.3) is 26.8 Å². The molecule has 0 amide bonds. The summed E-state index contributed by atoms with van der Waals surface area (Å²) in [6, 6.07) is 45.6. The number of hydrogen-bond acceptors (Lipinski definition) is 3. The van der Waals surface area contributed by atoms with Gasteiger partial charge in [0.2, 0.25) is 0 Å². The highest BCUT2D eigenvalue weighted by Gasteiger charge is 2.42. The molecule has 0 saturated heterocycles. The molecule has 4 aromatic carbocycles. The molecule has 178 valence electrons. The van der Waals surface area contributed by atoms with Crippen molar-refractivity contribution in [2.45, 2.75) is 0 Å². The van der Waals surface area contributed by atoms with Gasteiger partial charge in [0.25, 0.3) is 6.71 Å². The summed E-state index contributed by atoms with van der Waals surface area (Å²) in [5.41, 5.74) is 8.58. The van der Waals surface area contributed by atoms with Crippen molar-refractivity contribution >= 4 is 72.1 Å². The maximum Gasteiger partial charge on any atom is 0.280 e. The number of fused-ring (bicyclic) bond motifs is 6. The van der Waals surface area contributed by atoms with Crippen LogP contribution in [0, 0.1) is 0 Å². The second kappa shape index (κ2) is 8.47. The number of thiophene rings is 1. The first-order chi connectivity index (χ1) is 18.9. The molecule has 0 saturated carbocycles. The third kappa shape index (κ3) is 3.06. The van der Waals surface area contributed by atoms with Crippen LogP contribution in [0.5, 0.6) is 0 Å². The standard InChI is InChI=1S/C33H22BN3S/c1-4-13-23(14-5-1)34-31-29(26-19-10-11-21-28(26)36(31)24-15-6-2-7-16-24)37(25-17-8-3-9-18-25)30-27-20-12-22-35-33(27)38-32(30)34/h1-22H. The molecule has 0 fully saturated rings. The van der Waals surface area contributed by atoms with Crippen molar-refractivity contribution in [3.63, 3.8) is 0 Å². The average Bonchev–Trinajstić information content (AvgIpc) is 3.54. The fourth-order valence-electron chi connectivity index (χ4n) is 5.99. The zero-order chi connectivity index (χ0) is 25.1. The monoisotopic (exact) mass is 503 g/mol. The first-order valence-corrected chi connectivity index (χ1v) is 13.7. The Balaban J connectivity index is 1.59. The number of nitrogens with zero attached hydrogens (tertiary/aromatic N) is 3. The Morgan fingerprint density at radius 1 is 0.579 bits per heavy atom. The van der Waals surface area contributed by atoms with Crippen LogP contribution in [-0.2, 0) is 0 Å².